The standard InChI is InChI=1S/C25H20O4S/c26-25(27)12-20-15-29-23-13-21(5-6-22(20)23)28-14-16-2-1-3-17(10-16)18-4-7-24-19(11-18)8-9-30-24/h1-11,13,20H,12,14-15H2,(H,26,27)/p-1. The SMILES string of the molecule is O=C([O-])CC1COc2cc(OCc3cccc(-c4ccc5sccc5c4)c3)ccc21. The second-order valence-corrected chi connectivity index (χ2v) is 8.39. The van der Waals surface area contributed by atoms with Crippen LogP contribution in [0.5, 0.6) is 11.5 Å². The monoisotopic (exact) mass is 415 g/mol. The number of benzene rings is 3. The van der Waals surface area contributed by atoms with Crippen molar-refractivity contribution in [3.8, 4) is 22.6 Å². The molecule has 4 aromatic rings. The summed E-state index contributed by atoms with van der Waals surface area (Å²) >= 11 is 1.75. The van der Waals surface area contributed by atoms with Crippen molar-refractivity contribution in [3.63, 3.8) is 0 Å². The zero-order valence-electron chi connectivity index (χ0n) is 16.2. The van der Waals surface area contributed by atoms with Crippen LogP contribution in [0.2, 0.25) is 0 Å². The van der Waals surface area contributed by atoms with Crippen molar-refractivity contribution in [2.45, 2.75) is 18.9 Å². The number of rotatable bonds is 6. The van der Waals surface area contributed by atoms with Gasteiger partial charge in [-0.3, -0.25) is 0 Å². The van der Waals surface area contributed by atoms with Crippen molar-refractivity contribution in [1.29, 1.82) is 0 Å². The minimum atomic E-state index is -1.06. The van der Waals surface area contributed by atoms with Crippen LogP contribution in [-0.4, -0.2) is 12.6 Å². The molecule has 1 aliphatic heterocycles. The lowest BCUT2D eigenvalue weighted by Gasteiger charge is -2.11. The molecule has 0 bridgehead atoms. The number of fused-ring (bicyclic) bond motifs is 2. The summed E-state index contributed by atoms with van der Waals surface area (Å²) in [6, 6.07) is 22.6. The third kappa shape index (κ3) is 3.76. The van der Waals surface area contributed by atoms with Crippen molar-refractivity contribution in [2.75, 3.05) is 6.61 Å². The van der Waals surface area contributed by atoms with Gasteiger partial charge in [0.1, 0.15) is 18.1 Å². The van der Waals surface area contributed by atoms with E-state index in [1.165, 1.54) is 15.6 Å². The molecule has 0 aliphatic carbocycles. The fourth-order valence-electron chi connectivity index (χ4n) is 3.87. The van der Waals surface area contributed by atoms with Gasteiger partial charge in [-0.2, -0.15) is 0 Å². The van der Waals surface area contributed by atoms with Crippen LogP contribution in [-0.2, 0) is 11.4 Å². The predicted octanol–water partition coefficient (Wildman–Crippen LogP) is 4.76. The number of carboxylic acids is 1. The van der Waals surface area contributed by atoms with Gasteiger partial charge in [-0.15, -0.1) is 11.3 Å². The smallest absolute Gasteiger partial charge is 0.126 e. The summed E-state index contributed by atoms with van der Waals surface area (Å²) in [5.41, 5.74) is 4.32. The van der Waals surface area contributed by atoms with Crippen LogP contribution in [0.15, 0.2) is 72.1 Å². The van der Waals surface area contributed by atoms with Crippen LogP contribution in [0.1, 0.15) is 23.5 Å². The van der Waals surface area contributed by atoms with E-state index in [9.17, 15) is 9.90 Å². The van der Waals surface area contributed by atoms with E-state index in [0.29, 0.717) is 24.7 Å². The maximum atomic E-state index is 10.9. The van der Waals surface area contributed by atoms with E-state index in [4.69, 9.17) is 9.47 Å². The number of carbonyl (C=O) groups excluding carboxylic acids is 1. The summed E-state index contributed by atoms with van der Waals surface area (Å²) in [6.45, 7) is 0.805. The van der Waals surface area contributed by atoms with Gasteiger partial charge in [0.25, 0.3) is 0 Å². The molecule has 4 nitrogen and oxygen atoms in total. The maximum Gasteiger partial charge on any atom is 0.126 e. The van der Waals surface area contributed by atoms with E-state index in [2.05, 4.69) is 41.8 Å². The van der Waals surface area contributed by atoms with Gasteiger partial charge in [0.05, 0.1) is 6.61 Å². The molecule has 0 radical (unpaired) electrons. The Morgan fingerprint density at radius 3 is 2.87 bits per heavy atom. The first-order valence-electron chi connectivity index (χ1n) is 9.82. The lowest BCUT2D eigenvalue weighted by Crippen LogP contribution is -2.24. The number of carboxylic acid groups (broad SMARTS) is 1. The molecule has 3 aromatic carbocycles. The zero-order valence-corrected chi connectivity index (χ0v) is 17.0. The molecular weight excluding hydrogens is 396 g/mol. The highest BCUT2D eigenvalue weighted by atomic mass is 32.1. The van der Waals surface area contributed by atoms with Gasteiger partial charge in [0.15, 0.2) is 0 Å². The van der Waals surface area contributed by atoms with E-state index in [-0.39, 0.29) is 12.3 Å². The van der Waals surface area contributed by atoms with Crippen LogP contribution < -0.4 is 14.6 Å². The molecule has 30 heavy (non-hydrogen) atoms. The number of thiophene rings is 1. The molecule has 1 unspecified atom stereocenters. The molecular formula is C25H19O4S-. The molecule has 150 valence electrons. The lowest BCUT2D eigenvalue weighted by molar-refractivity contribution is -0.306. The highest BCUT2D eigenvalue weighted by molar-refractivity contribution is 7.17. The van der Waals surface area contributed by atoms with E-state index in [0.717, 1.165) is 16.7 Å². The topological polar surface area (TPSA) is 58.6 Å². The summed E-state index contributed by atoms with van der Waals surface area (Å²) in [5, 5.41) is 14.3. The number of hydrogen-bond donors (Lipinski definition) is 0. The Kier molecular flexibility index (Phi) is 4.89. The van der Waals surface area contributed by atoms with Crippen molar-refractivity contribution < 1.29 is 19.4 Å². The molecule has 2 heterocycles. The molecule has 0 N–H and O–H groups in total. The first kappa shape index (κ1) is 18.7. The summed E-state index contributed by atoms with van der Waals surface area (Å²) < 4.78 is 12.9. The third-order valence-corrected chi connectivity index (χ3v) is 6.29. The summed E-state index contributed by atoms with van der Waals surface area (Å²) in [5.74, 6) is 0.176. The Labute approximate surface area is 178 Å². The van der Waals surface area contributed by atoms with Crippen molar-refractivity contribution in [1.82, 2.24) is 0 Å². The first-order chi connectivity index (χ1) is 14.7. The Hall–Kier alpha value is -3.31. The van der Waals surface area contributed by atoms with Crippen LogP contribution in [0, 0.1) is 0 Å². The highest BCUT2D eigenvalue weighted by Crippen LogP contribution is 2.38. The molecule has 5 heteroatoms. The highest BCUT2D eigenvalue weighted by Gasteiger charge is 2.24. The summed E-state index contributed by atoms with van der Waals surface area (Å²) in [7, 11) is 0. The van der Waals surface area contributed by atoms with Gasteiger partial charge in [-0.05, 0) is 64.2 Å². The van der Waals surface area contributed by atoms with E-state index < -0.39 is 5.97 Å². The molecule has 1 aliphatic rings. The van der Waals surface area contributed by atoms with Crippen LogP contribution >= 0.6 is 11.3 Å². The van der Waals surface area contributed by atoms with Crippen LogP contribution in [0.3, 0.4) is 0 Å². The van der Waals surface area contributed by atoms with Crippen molar-refractivity contribution in [3.05, 3.63) is 83.2 Å². The number of aliphatic carboxylic acids is 1. The van der Waals surface area contributed by atoms with Crippen molar-refractivity contribution in [2.24, 2.45) is 0 Å². The Balaban J connectivity index is 1.30. The average molecular weight is 415 g/mol. The normalized spacial score (nSPS) is 15.0. The number of hydrogen-bond acceptors (Lipinski definition) is 5. The minimum absolute atomic E-state index is 0.0306. The molecule has 0 saturated heterocycles. The van der Waals surface area contributed by atoms with E-state index in [1.807, 2.05) is 30.3 Å². The van der Waals surface area contributed by atoms with E-state index in [1.54, 1.807) is 11.3 Å². The number of ether oxygens (including phenoxy) is 2. The molecule has 5 rings (SSSR count). The average Bonchev–Trinajstić information content (AvgIpc) is 3.38. The van der Waals surface area contributed by atoms with Crippen LogP contribution in [0.25, 0.3) is 21.2 Å². The van der Waals surface area contributed by atoms with Gasteiger partial charge in [-0.25, -0.2) is 0 Å². The molecule has 1 atom stereocenters. The second kappa shape index (κ2) is 7.84. The molecule has 0 saturated carbocycles. The van der Waals surface area contributed by atoms with Gasteiger partial charge in [0, 0.05) is 28.2 Å². The quantitative estimate of drug-likeness (QED) is 0.455. The third-order valence-electron chi connectivity index (χ3n) is 5.40. The summed E-state index contributed by atoms with van der Waals surface area (Å²) in [4.78, 5) is 10.9. The second-order valence-electron chi connectivity index (χ2n) is 7.45. The van der Waals surface area contributed by atoms with Gasteiger partial charge < -0.3 is 19.4 Å². The molecule has 0 amide bonds. The zero-order chi connectivity index (χ0) is 20.5. The van der Waals surface area contributed by atoms with E-state index >= 15 is 0 Å². The predicted molar refractivity (Wildman–Crippen MR) is 116 cm³/mol. The van der Waals surface area contributed by atoms with Crippen molar-refractivity contribution >= 4 is 27.4 Å². The minimum Gasteiger partial charge on any atom is -0.550 e. The molecule has 0 spiro atoms. The fraction of sp³-hybridized carbons (Fsp3) is 0.160. The molecule has 0 fully saturated rings. The first-order valence-corrected chi connectivity index (χ1v) is 10.7. The fourth-order valence-corrected chi connectivity index (χ4v) is 4.64. The number of carbonyl (C=O) groups is 1. The van der Waals surface area contributed by atoms with Gasteiger partial charge >= 0.3 is 0 Å². The lowest BCUT2D eigenvalue weighted by atomic mass is 9.98. The van der Waals surface area contributed by atoms with Gasteiger partial charge in [0.2, 0.25) is 0 Å². The Morgan fingerprint density at radius 2 is 1.97 bits per heavy atom. The Morgan fingerprint density at radius 1 is 1.07 bits per heavy atom. The Bertz CT molecular complexity index is 1230. The van der Waals surface area contributed by atoms with Crippen LogP contribution in [0.4, 0.5) is 0 Å². The molecule has 1 aromatic heterocycles. The summed E-state index contributed by atoms with van der Waals surface area (Å²) in [6.07, 6.45) is -0.0306. The van der Waals surface area contributed by atoms with Gasteiger partial charge in [-0.1, -0.05) is 30.3 Å². The largest absolute Gasteiger partial charge is 0.550 e. The maximum absolute atomic E-state index is 10.9.